The van der Waals surface area contributed by atoms with Crippen LogP contribution in [-0.4, -0.2) is 13.0 Å². The maximum Gasteiger partial charge on any atom is 0.257 e. The second-order valence-corrected chi connectivity index (χ2v) is 5.40. The van der Waals surface area contributed by atoms with Crippen molar-refractivity contribution < 1.29 is 9.53 Å². The lowest BCUT2D eigenvalue weighted by molar-refractivity contribution is 0.102. The van der Waals surface area contributed by atoms with E-state index in [1.165, 1.54) is 25.3 Å². The van der Waals surface area contributed by atoms with E-state index >= 15 is 0 Å². The highest BCUT2D eigenvalue weighted by Gasteiger charge is 2.14. The van der Waals surface area contributed by atoms with Crippen molar-refractivity contribution in [3.8, 4) is 5.75 Å². The molecule has 0 aromatic heterocycles. The van der Waals surface area contributed by atoms with Crippen LogP contribution < -0.4 is 15.8 Å². The molecule has 0 spiro atoms. The van der Waals surface area contributed by atoms with Crippen molar-refractivity contribution in [3.63, 3.8) is 0 Å². The Labute approximate surface area is 136 Å². The van der Waals surface area contributed by atoms with E-state index in [1.54, 1.807) is 12.1 Å². The number of nitrogens with two attached hydrogens (primary N) is 1. The van der Waals surface area contributed by atoms with E-state index in [9.17, 15) is 4.79 Å². The lowest BCUT2D eigenvalue weighted by Gasteiger charge is -2.12. The largest absolute Gasteiger partial charge is 0.495 e. The van der Waals surface area contributed by atoms with Crippen LogP contribution in [0.15, 0.2) is 30.3 Å². The minimum Gasteiger partial charge on any atom is -0.495 e. The van der Waals surface area contributed by atoms with Gasteiger partial charge in [-0.25, -0.2) is 0 Å². The summed E-state index contributed by atoms with van der Waals surface area (Å²) < 4.78 is 5.09. The van der Waals surface area contributed by atoms with Crippen molar-refractivity contribution in [1.82, 2.24) is 0 Å². The fraction of sp³-hybridized carbons (Fsp3) is 0.0714. The molecule has 2 aromatic carbocycles. The van der Waals surface area contributed by atoms with Crippen molar-refractivity contribution in [1.29, 1.82) is 0 Å². The number of carbonyl (C=O) groups is 1. The number of rotatable bonds is 3. The van der Waals surface area contributed by atoms with Crippen LogP contribution in [0.25, 0.3) is 0 Å². The van der Waals surface area contributed by atoms with Crippen molar-refractivity contribution in [2.45, 2.75) is 0 Å². The van der Waals surface area contributed by atoms with Crippen molar-refractivity contribution in [3.05, 3.63) is 51.0 Å². The normalized spacial score (nSPS) is 10.3. The molecule has 7 heteroatoms. The molecule has 2 aromatic rings. The molecule has 0 aliphatic carbocycles. The monoisotopic (exact) mass is 344 g/mol. The highest BCUT2D eigenvalue weighted by atomic mass is 35.5. The van der Waals surface area contributed by atoms with Gasteiger partial charge in [-0.2, -0.15) is 0 Å². The zero-order valence-corrected chi connectivity index (χ0v) is 13.2. The van der Waals surface area contributed by atoms with Gasteiger partial charge in [0.2, 0.25) is 0 Å². The summed E-state index contributed by atoms with van der Waals surface area (Å²) in [5, 5.41) is 3.65. The summed E-state index contributed by atoms with van der Waals surface area (Å²) in [5.74, 6) is 0.00212. The van der Waals surface area contributed by atoms with E-state index < -0.39 is 5.91 Å². The van der Waals surface area contributed by atoms with E-state index in [-0.39, 0.29) is 10.6 Å². The molecule has 0 aliphatic rings. The third kappa shape index (κ3) is 3.53. The molecular weight excluding hydrogens is 335 g/mol. The fourth-order valence-electron chi connectivity index (χ4n) is 1.70. The van der Waals surface area contributed by atoms with Gasteiger partial charge in [-0.05, 0) is 24.3 Å². The predicted octanol–water partition coefficient (Wildman–Crippen LogP) is 4.49. The van der Waals surface area contributed by atoms with Crippen molar-refractivity contribution in [2.75, 3.05) is 18.2 Å². The van der Waals surface area contributed by atoms with Gasteiger partial charge in [-0.1, -0.05) is 34.8 Å². The summed E-state index contributed by atoms with van der Waals surface area (Å²) in [7, 11) is 1.47. The zero-order valence-electron chi connectivity index (χ0n) is 10.9. The summed E-state index contributed by atoms with van der Waals surface area (Å²) >= 11 is 17.8. The Hall–Kier alpha value is -1.62. The number of halogens is 3. The zero-order chi connectivity index (χ0) is 15.6. The second kappa shape index (κ2) is 6.43. The number of nitrogen functional groups attached to an aromatic ring is 1. The smallest absolute Gasteiger partial charge is 0.257 e. The number of hydrogen-bond acceptors (Lipinski definition) is 3. The van der Waals surface area contributed by atoms with Gasteiger partial charge >= 0.3 is 0 Å². The molecule has 0 atom stereocenters. The first kappa shape index (κ1) is 15.8. The molecule has 0 radical (unpaired) electrons. The number of ether oxygens (including phenoxy) is 1. The Morgan fingerprint density at radius 3 is 2.48 bits per heavy atom. The average molecular weight is 346 g/mol. The molecule has 0 fully saturated rings. The van der Waals surface area contributed by atoms with Crippen molar-refractivity contribution in [2.24, 2.45) is 0 Å². The van der Waals surface area contributed by atoms with Gasteiger partial charge in [0, 0.05) is 11.1 Å². The molecule has 0 unspecified atom stereocenters. The van der Waals surface area contributed by atoms with Crippen LogP contribution in [0.5, 0.6) is 5.75 Å². The van der Waals surface area contributed by atoms with Crippen LogP contribution >= 0.6 is 34.8 Å². The molecule has 0 aliphatic heterocycles. The summed E-state index contributed by atoms with van der Waals surface area (Å²) in [6.45, 7) is 0. The first-order valence-electron chi connectivity index (χ1n) is 5.81. The van der Waals surface area contributed by atoms with Gasteiger partial charge < -0.3 is 15.8 Å². The molecule has 2 rings (SSSR count). The van der Waals surface area contributed by atoms with Crippen LogP contribution in [0.1, 0.15) is 10.4 Å². The van der Waals surface area contributed by atoms with E-state index in [2.05, 4.69) is 5.32 Å². The SMILES string of the molecule is COc1cc(NC(=O)c2ccc(Cl)cc2Cl)c(Cl)cc1N. The summed E-state index contributed by atoms with van der Waals surface area (Å²) in [5.41, 5.74) is 6.76. The number of anilines is 2. The third-order valence-corrected chi connectivity index (χ3v) is 3.60. The van der Waals surface area contributed by atoms with E-state index in [4.69, 9.17) is 45.3 Å². The molecule has 0 saturated heterocycles. The Bertz CT molecular complexity index is 705. The number of carbonyl (C=O) groups excluding carboxylic acids is 1. The summed E-state index contributed by atoms with van der Waals surface area (Å²) in [6.07, 6.45) is 0. The second-order valence-electron chi connectivity index (χ2n) is 4.15. The van der Waals surface area contributed by atoms with Crippen molar-refractivity contribution >= 4 is 52.1 Å². The number of amides is 1. The Morgan fingerprint density at radius 2 is 1.86 bits per heavy atom. The van der Waals surface area contributed by atoms with Gasteiger partial charge in [0.05, 0.1) is 34.1 Å². The molecular formula is C14H11Cl3N2O2. The molecule has 4 nitrogen and oxygen atoms in total. The molecule has 0 saturated carbocycles. The standard InChI is InChI=1S/C14H11Cl3N2O2/c1-21-13-6-12(10(17)5-11(13)18)19-14(20)8-3-2-7(15)4-9(8)16/h2-6H,18H2,1H3,(H,19,20). The molecule has 110 valence electrons. The first-order chi connectivity index (χ1) is 9.92. The summed E-state index contributed by atoms with van der Waals surface area (Å²) in [6, 6.07) is 7.64. The minimum absolute atomic E-state index is 0.249. The Kier molecular flexibility index (Phi) is 4.83. The average Bonchev–Trinajstić information content (AvgIpc) is 2.41. The lowest BCUT2D eigenvalue weighted by atomic mass is 10.2. The van der Waals surface area contributed by atoms with Gasteiger partial charge in [0.15, 0.2) is 0 Å². The topological polar surface area (TPSA) is 64.3 Å². The van der Waals surface area contributed by atoms with Crippen LogP contribution in [-0.2, 0) is 0 Å². The van der Waals surface area contributed by atoms with E-state index in [0.29, 0.717) is 27.2 Å². The van der Waals surface area contributed by atoms with Crippen LogP contribution in [0.4, 0.5) is 11.4 Å². The highest BCUT2D eigenvalue weighted by Crippen LogP contribution is 2.33. The van der Waals surface area contributed by atoms with E-state index in [0.717, 1.165) is 0 Å². The number of methoxy groups -OCH3 is 1. The fourth-order valence-corrected chi connectivity index (χ4v) is 2.42. The van der Waals surface area contributed by atoms with Gasteiger partial charge in [-0.3, -0.25) is 4.79 Å². The number of benzene rings is 2. The van der Waals surface area contributed by atoms with Crippen LogP contribution in [0.2, 0.25) is 15.1 Å². The van der Waals surface area contributed by atoms with Crippen LogP contribution in [0, 0.1) is 0 Å². The van der Waals surface area contributed by atoms with Gasteiger partial charge in [0.1, 0.15) is 5.75 Å². The highest BCUT2D eigenvalue weighted by molar-refractivity contribution is 6.38. The molecule has 3 N–H and O–H groups in total. The number of nitrogens with one attached hydrogen (secondary N) is 1. The maximum absolute atomic E-state index is 12.2. The number of hydrogen-bond donors (Lipinski definition) is 2. The van der Waals surface area contributed by atoms with E-state index in [1.807, 2.05) is 0 Å². The minimum atomic E-state index is -0.412. The van der Waals surface area contributed by atoms with Crippen LogP contribution in [0.3, 0.4) is 0 Å². The predicted molar refractivity (Wildman–Crippen MR) is 86.8 cm³/mol. The molecule has 0 bridgehead atoms. The third-order valence-electron chi connectivity index (χ3n) is 2.74. The Balaban J connectivity index is 2.31. The maximum atomic E-state index is 12.2. The lowest BCUT2D eigenvalue weighted by Crippen LogP contribution is -2.13. The molecule has 0 heterocycles. The van der Waals surface area contributed by atoms with Gasteiger partial charge in [0.25, 0.3) is 5.91 Å². The van der Waals surface area contributed by atoms with Gasteiger partial charge in [-0.15, -0.1) is 0 Å². The molecule has 1 amide bonds. The Morgan fingerprint density at radius 1 is 1.14 bits per heavy atom. The first-order valence-corrected chi connectivity index (χ1v) is 6.95. The molecule has 21 heavy (non-hydrogen) atoms. The summed E-state index contributed by atoms with van der Waals surface area (Å²) in [4.78, 5) is 12.2. The quantitative estimate of drug-likeness (QED) is 0.806.